The van der Waals surface area contributed by atoms with Crippen molar-refractivity contribution in [2.75, 3.05) is 11.6 Å². The predicted octanol–water partition coefficient (Wildman–Crippen LogP) is 4.61. The molecule has 0 aromatic heterocycles. The van der Waals surface area contributed by atoms with E-state index in [0.717, 1.165) is 18.4 Å². The van der Waals surface area contributed by atoms with Gasteiger partial charge in [0, 0.05) is 15.9 Å². The first kappa shape index (κ1) is 22.0. The molecule has 0 heterocycles. The maximum Gasteiger partial charge on any atom is 0.254 e. The zero-order valence-corrected chi connectivity index (χ0v) is 18.4. The summed E-state index contributed by atoms with van der Waals surface area (Å²) >= 11 is 1.94. The Morgan fingerprint density at radius 3 is 2.43 bits per heavy atom. The number of carbonyl (C=O) groups excluding carboxylic acids is 1. The molecule has 0 aliphatic carbocycles. The van der Waals surface area contributed by atoms with E-state index in [1.165, 1.54) is 36.4 Å². The number of nitrogens with two attached hydrogens (primary N) is 1. The molecule has 6 nitrogen and oxygen atoms in total. The second kappa shape index (κ2) is 8.56. The van der Waals surface area contributed by atoms with Gasteiger partial charge >= 0.3 is 0 Å². The number of amides is 1. The van der Waals surface area contributed by atoms with Gasteiger partial charge < -0.3 is 15.8 Å². The molecule has 0 bridgehead atoms. The number of nitrogens with one attached hydrogen (secondary N) is 1. The van der Waals surface area contributed by atoms with E-state index in [1.807, 2.05) is 22.6 Å². The van der Waals surface area contributed by atoms with Gasteiger partial charge in [-0.2, -0.15) is 0 Å². The summed E-state index contributed by atoms with van der Waals surface area (Å²) in [7, 11) is -3.51. The molecule has 0 fully saturated rings. The zero-order valence-electron chi connectivity index (χ0n) is 15.4. The van der Waals surface area contributed by atoms with Crippen LogP contribution in [0.3, 0.4) is 0 Å². The highest BCUT2D eigenvalue weighted by Gasteiger charge is 2.20. The normalized spacial score (nSPS) is 11.2. The van der Waals surface area contributed by atoms with Gasteiger partial charge in [-0.25, -0.2) is 17.2 Å². The summed E-state index contributed by atoms with van der Waals surface area (Å²) in [6.45, 7) is 0. The maximum absolute atomic E-state index is 14.2. The molecule has 0 spiro atoms. The number of carbonyl (C=O) groups is 1. The van der Waals surface area contributed by atoms with E-state index in [2.05, 4.69) is 5.32 Å². The quantitative estimate of drug-likeness (QED) is 0.442. The largest absolute Gasteiger partial charge is 0.456 e. The van der Waals surface area contributed by atoms with Gasteiger partial charge in [0.15, 0.2) is 9.84 Å². The number of hydrogen-bond donors (Lipinski definition) is 2. The number of ether oxygens (including phenoxy) is 1. The molecule has 156 valence electrons. The number of sulfone groups is 1. The molecule has 0 unspecified atom stereocenters. The molecular weight excluding hydrogens is 529 g/mol. The minimum absolute atomic E-state index is 0.00791. The van der Waals surface area contributed by atoms with Crippen LogP contribution < -0.4 is 15.8 Å². The number of rotatable bonds is 6. The summed E-state index contributed by atoms with van der Waals surface area (Å²) in [6, 6.07) is 11.7. The van der Waals surface area contributed by atoms with Crippen molar-refractivity contribution in [1.82, 2.24) is 0 Å². The highest BCUT2D eigenvalue weighted by atomic mass is 127. The van der Waals surface area contributed by atoms with Crippen LogP contribution in [-0.2, 0) is 9.84 Å². The molecule has 0 aliphatic heterocycles. The van der Waals surface area contributed by atoms with Crippen molar-refractivity contribution in [1.29, 1.82) is 0 Å². The monoisotopic (exact) mass is 544 g/mol. The molecule has 3 rings (SSSR count). The summed E-state index contributed by atoms with van der Waals surface area (Å²) < 4.78 is 58.2. The first-order valence-corrected chi connectivity index (χ1v) is 11.3. The van der Waals surface area contributed by atoms with E-state index in [0.29, 0.717) is 3.57 Å². The van der Waals surface area contributed by atoms with Gasteiger partial charge in [-0.15, -0.1) is 0 Å². The van der Waals surface area contributed by atoms with E-state index < -0.39 is 27.4 Å². The molecule has 0 aliphatic rings. The van der Waals surface area contributed by atoms with Crippen LogP contribution in [0.1, 0.15) is 10.4 Å². The second-order valence-electron chi connectivity index (χ2n) is 6.29. The number of benzene rings is 3. The van der Waals surface area contributed by atoms with Crippen molar-refractivity contribution in [3.05, 3.63) is 75.4 Å². The van der Waals surface area contributed by atoms with Crippen molar-refractivity contribution in [3.63, 3.8) is 0 Å². The Morgan fingerprint density at radius 1 is 1.07 bits per heavy atom. The van der Waals surface area contributed by atoms with Crippen LogP contribution in [-0.4, -0.2) is 20.6 Å². The molecule has 3 aromatic carbocycles. The molecule has 0 atom stereocenters. The third kappa shape index (κ3) is 5.05. The van der Waals surface area contributed by atoms with Crippen molar-refractivity contribution < 1.29 is 26.7 Å². The van der Waals surface area contributed by atoms with E-state index in [-0.39, 0.29) is 33.3 Å². The van der Waals surface area contributed by atoms with Gasteiger partial charge in [0.05, 0.1) is 16.3 Å². The van der Waals surface area contributed by atoms with Crippen LogP contribution in [0.25, 0.3) is 0 Å². The van der Waals surface area contributed by atoms with Crippen molar-refractivity contribution >= 4 is 49.7 Å². The van der Waals surface area contributed by atoms with Crippen LogP contribution in [0, 0.1) is 15.2 Å². The number of halogens is 3. The van der Waals surface area contributed by atoms with E-state index >= 15 is 0 Å². The van der Waals surface area contributed by atoms with E-state index in [9.17, 15) is 22.0 Å². The molecule has 3 aromatic rings. The Bertz CT molecular complexity index is 1250. The number of primary amides is 1. The Balaban J connectivity index is 2.06. The van der Waals surface area contributed by atoms with Gasteiger partial charge in [0.25, 0.3) is 5.91 Å². The van der Waals surface area contributed by atoms with Gasteiger partial charge in [0.1, 0.15) is 28.7 Å². The lowest BCUT2D eigenvalue weighted by molar-refractivity contribution is 0.0999. The molecule has 10 heteroatoms. The molecule has 0 saturated heterocycles. The smallest absolute Gasteiger partial charge is 0.254 e. The van der Waals surface area contributed by atoms with E-state index in [4.69, 9.17) is 10.5 Å². The predicted molar refractivity (Wildman–Crippen MR) is 117 cm³/mol. The summed E-state index contributed by atoms with van der Waals surface area (Å²) in [5.41, 5.74) is 5.15. The van der Waals surface area contributed by atoms with Crippen LogP contribution in [0.5, 0.6) is 11.5 Å². The van der Waals surface area contributed by atoms with Gasteiger partial charge in [-0.1, -0.05) is 6.07 Å². The fraction of sp³-hybridized carbons (Fsp3) is 0.0500. The maximum atomic E-state index is 14.2. The standard InChI is InChI=1S/C20H15F2IN2O4S/c1-30(27,28)14-4-2-3-13(10-14)29-18-8-11(21)7-17(19(18)20(24)26)25-16-6-5-12(23)9-15(16)22/h2-10,25H,1H3,(H2,24,26). The molecule has 1 amide bonds. The van der Waals surface area contributed by atoms with Crippen LogP contribution in [0.2, 0.25) is 0 Å². The first-order valence-electron chi connectivity index (χ1n) is 8.38. The lowest BCUT2D eigenvalue weighted by Crippen LogP contribution is -2.15. The van der Waals surface area contributed by atoms with Gasteiger partial charge in [0.2, 0.25) is 0 Å². The molecule has 30 heavy (non-hydrogen) atoms. The third-order valence-corrected chi connectivity index (χ3v) is 5.76. The third-order valence-electron chi connectivity index (χ3n) is 3.98. The first-order chi connectivity index (χ1) is 14.0. The van der Waals surface area contributed by atoms with Crippen molar-refractivity contribution in [3.8, 4) is 11.5 Å². The average molecular weight is 544 g/mol. The summed E-state index contributed by atoms with van der Waals surface area (Å²) in [5.74, 6) is -2.52. The van der Waals surface area contributed by atoms with Crippen LogP contribution in [0.4, 0.5) is 20.2 Å². The van der Waals surface area contributed by atoms with Crippen molar-refractivity contribution in [2.45, 2.75) is 4.90 Å². The number of anilines is 2. The minimum Gasteiger partial charge on any atom is -0.456 e. The van der Waals surface area contributed by atoms with Gasteiger partial charge in [-0.05, 0) is 65.1 Å². The second-order valence-corrected chi connectivity index (χ2v) is 9.55. The number of hydrogen-bond acceptors (Lipinski definition) is 5. The topological polar surface area (TPSA) is 98.5 Å². The SMILES string of the molecule is CS(=O)(=O)c1cccc(Oc2cc(F)cc(Nc3ccc(I)cc3F)c2C(N)=O)c1. The Hall–Kier alpha value is -2.73. The zero-order chi connectivity index (χ0) is 22.1. The Kier molecular flexibility index (Phi) is 6.27. The lowest BCUT2D eigenvalue weighted by Gasteiger charge is -2.16. The Labute approximate surface area is 185 Å². The summed E-state index contributed by atoms with van der Waals surface area (Å²) in [6.07, 6.45) is 1.03. The molecular formula is C20H15F2IN2O4S. The molecule has 3 N–H and O–H groups in total. The highest BCUT2D eigenvalue weighted by molar-refractivity contribution is 14.1. The fourth-order valence-corrected chi connectivity index (χ4v) is 3.76. The summed E-state index contributed by atoms with van der Waals surface area (Å²) in [5, 5.41) is 2.66. The Morgan fingerprint density at radius 2 is 1.80 bits per heavy atom. The highest BCUT2D eigenvalue weighted by Crippen LogP contribution is 2.34. The molecule has 0 radical (unpaired) electrons. The lowest BCUT2D eigenvalue weighted by atomic mass is 10.1. The van der Waals surface area contributed by atoms with Gasteiger partial charge in [-0.3, -0.25) is 4.79 Å². The molecule has 0 saturated carbocycles. The average Bonchev–Trinajstić information content (AvgIpc) is 2.63. The van der Waals surface area contributed by atoms with E-state index in [1.54, 1.807) is 6.07 Å². The minimum atomic E-state index is -3.51. The van der Waals surface area contributed by atoms with Crippen LogP contribution >= 0.6 is 22.6 Å². The van der Waals surface area contributed by atoms with Crippen LogP contribution in [0.15, 0.2) is 59.5 Å². The van der Waals surface area contributed by atoms with Crippen molar-refractivity contribution in [2.24, 2.45) is 5.73 Å². The summed E-state index contributed by atoms with van der Waals surface area (Å²) in [4.78, 5) is 12.1. The fourth-order valence-electron chi connectivity index (χ4n) is 2.65.